The van der Waals surface area contributed by atoms with Crippen LogP contribution in [0.1, 0.15) is 45.0 Å². The van der Waals surface area contributed by atoms with E-state index in [-0.39, 0.29) is 39.6 Å². The van der Waals surface area contributed by atoms with Gasteiger partial charge in [-0.1, -0.05) is 66.7 Å². The first-order valence-electron chi connectivity index (χ1n) is 23.2. The first-order chi connectivity index (χ1) is 34.1. The number of aliphatic hydroxyl groups excluding tert-OH is 3. The smallest absolute Gasteiger partial charge is 0.119 e. The maximum atomic E-state index is 9.10. The molecule has 13 nitrogen and oxygen atoms in total. The summed E-state index contributed by atoms with van der Waals surface area (Å²) in [4.78, 5) is 15.4. The number of nitrogens with one attached hydrogen (secondary N) is 4. The predicted molar refractivity (Wildman–Crippen MR) is 264 cm³/mol. The summed E-state index contributed by atoms with van der Waals surface area (Å²) in [6, 6.07) is 51.6. The van der Waals surface area contributed by atoms with Crippen LogP contribution in [0.2, 0.25) is 0 Å². The van der Waals surface area contributed by atoms with Gasteiger partial charge in [0, 0.05) is 66.5 Å². The SMILES string of the molecule is OCCOCCOc1ccc(C2=c3ccc([nH]3)=C(c3ccccc3)c3ccc([nH]3)C(c3ccc(OCCOCCO)cc3)=c3ccc([nH]3)=C(c3ccc(OCCOCCO)cc3)c3ccc2[nH]3)cc1. The summed E-state index contributed by atoms with van der Waals surface area (Å²) < 4.78 is 34.2. The van der Waals surface area contributed by atoms with Gasteiger partial charge in [0.15, 0.2) is 0 Å². The highest BCUT2D eigenvalue weighted by Crippen LogP contribution is 2.30. The summed E-state index contributed by atoms with van der Waals surface area (Å²) in [6.07, 6.45) is 0. The number of hydrogen-bond donors (Lipinski definition) is 7. The molecule has 0 atom stereocenters. The summed E-state index contributed by atoms with van der Waals surface area (Å²) in [5.74, 6) is 2.13. The third-order valence-electron chi connectivity index (χ3n) is 11.6. The lowest BCUT2D eigenvalue weighted by molar-refractivity contribution is 0.0705. The molecule has 8 bridgehead atoms. The molecule has 13 heteroatoms. The summed E-state index contributed by atoms with van der Waals surface area (Å²) in [5, 5.41) is 30.9. The fourth-order valence-corrected chi connectivity index (χ4v) is 8.48. The molecule has 0 fully saturated rings. The fourth-order valence-electron chi connectivity index (χ4n) is 8.48. The molecule has 4 aromatic heterocycles. The topological polar surface area (TPSA) is 179 Å². The number of benzene rings is 4. The van der Waals surface area contributed by atoms with Crippen LogP contribution < -0.4 is 35.6 Å². The number of aromatic amines is 4. The minimum atomic E-state index is -0.0337. The van der Waals surface area contributed by atoms with Crippen molar-refractivity contribution in [2.24, 2.45) is 0 Å². The quantitative estimate of drug-likeness (QED) is 0.0484. The average molecular weight is 929 g/mol. The molecule has 354 valence electrons. The Kier molecular flexibility index (Phi) is 15.6. The number of aliphatic hydroxyl groups is 3. The second-order valence-electron chi connectivity index (χ2n) is 16.1. The van der Waals surface area contributed by atoms with E-state index in [0.717, 1.165) is 88.7 Å². The van der Waals surface area contributed by atoms with Gasteiger partial charge in [-0.2, -0.15) is 0 Å². The van der Waals surface area contributed by atoms with Crippen LogP contribution in [0.4, 0.5) is 0 Å². The number of H-pyrrole nitrogens is 4. The zero-order chi connectivity index (χ0) is 47.2. The van der Waals surface area contributed by atoms with E-state index in [1.54, 1.807) is 0 Å². The predicted octanol–water partition coefficient (Wildman–Crippen LogP) is 4.46. The Morgan fingerprint density at radius 3 is 0.855 bits per heavy atom. The van der Waals surface area contributed by atoms with E-state index in [1.807, 2.05) is 42.5 Å². The van der Waals surface area contributed by atoms with Crippen molar-refractivity contribution in [2.75, 3.05) is 79.3 Å². The molecule has 0 radical (unpaired) electrons. The molecule has 4 aromatic carbocycles. The third kappa shape index (κ3) is 11.3. The molecule has 1 aliphatic heterocycles. The maximum Gasteiger partial charge on any atom is 0.119 e. The molecule has 5 heterocycles. The van der Waals surface area contributed by atoms with Crippen LogP contribution in [-0.2, 0) is 14.2 Å². The summed E-state index contributed by atoms with van der Waals surface area (Å²) in [7, 11) is 0. The zero-order valence-corrected chi connectivity index (χ0v) is 38.2. The zero-order valence-electron chi connectivity index (χ0n) is 38.2. The van der Waals surface area contributed by atoms with Crippen molar-refractivity contribution in [3.63, 3.8) is 0 Å². The van der Waals surface area contributed by atoms with Gasteiger partial charge in [0.05, 0.1) is 59.5 Å². The van der Waals surface area contributed by atoms with Gasteiger partial charge in [-0.3, -0.25) is 0 Å². The molecule has 8 aromatic rings. The van der Waals surface area contributed by atoms with Crippen molar-refractivity contribution in [1.82, 2.24) is 19.9 Å². The molecule has 0 unspecified atom stereocenters. The second kappa shape index (κ2) is 23.1. The molecular weight excluding hydrogens is 873 g/mol. The van der Waals surface area contributed by atoms with Gasteiger partial charge in [0.2, 0.25) is 0 Å². The van der Waals surface area contributed by atoms with Gasteiger partial charge in [-0.25, -0.2) is 0 Å². The molecule has 0 amide bonds. The van der Waals surface area contributed by atoms with E-state index in [9.17, 15) is 0 Å². The Balaban J connectivity index is 1.22. The van der Waals surface area contributed by atoms with Crippen LogP contribution in [0.25, 0.3) is 22.3 Å². The second-order valence-corrected chi connectivity index (χ2v) is 16.1. The van der Waals surface area contributed by atoms with Crippen molar-refractivity contribution in [3.8, 4) is 17.2 Å². The lowest BCUT2D eigenvalue weighted by Gasteiger charge is -2.11. The van der Waals surface area contributed by atoms with Crippen LogP contribution in [-0.4, -0.2) is 115 Å². The lowest BCUT2D eigenvalue weighted by Crippen LogP contribution is -2.19. The van der Waals surface area contributed by atoms with Crippen molar-refractivity contribution >= 4 is 22.3 Å². The first kappa shape index (κ1) is 46.7. The molecular formula is C56H56N4O9. The van der Waals surface area contributed by atoms with Gasteiger partial charge < -0.3 is 63.7 Å². The van der Waals surface area contributed by atoms with Gasteiger partial charge in [-0.15, -0.1) is 0 Å². The first-order valence-corrected chi connectivity index (χ1v) is 23.2. The van der Waals surface area contributed by atoms with E-state index < -0.39 is 0 Å². The highest BCUT2D eigenvalue weighted by molar-refractivity contribution is 5.85. The van der Waals surface area contributed by atoms with Crippen molar-refractivity contribution in [3.05, 3.63) is 218 Å². The molecule has 7 N–H and O–H groups in total. The number of ether oxygens (including phenoxy) is 6. The molecule has 1 aliphatic rings. The summed E-state index contributed by atoms with van der Waals surface area (Å²) in [5.41, 5.74) is 11.5. The highest BCUT2D eigenvalue weighted by atomic mass is 16.5. The largest absolute Gasteiger partial charge is 0.491 e. The minimum absolute atomic E-state index is 0.0298. The van der Waals surface area contributed by atoms with Gasteiger partial charge in [0.1, 0.15) is 37.1 Å². The van der Waals surface area contributed by atoms with Crippen molar-refractivity contribution in [1.29, 1.82) is 0 Å². The summed E-state index contributed by atoms with van der Waals surface area (Å²) in [6.45, 7) is 2.93. The van der Waals surface area contributed by atoms with Crippen LogP contribution >= 0.6 is 0 Å². The number of aromatic nitrogens is 4. The van der Waals surface area contributed by atoms with Crippen LogP contribution in [0.3, 0.4) is 0 Å². The van der Waals surface area contributed by atoms with E-state index in [4.69, 9.17) is 43.7 Å². The van der Waals surface area contributed by atoms with Gasteiger partial charge in [-0.05, 0) is 107 Å². The Morgan fingerprint density at radius 2 is 0.565 bits per heavy atom. The molecule has 0 saturated carbocycles. The van der Waals surface area contributed by atoms with Crippen molar-refractivity contribution < 1.29 is 43.7 Å². The average Bonchev–Trinajstić information content (AvgIpc) is 4.24. The highest BCUT2D eigenvalue weighted by Gasteiger charge is 2.19. The minimum Gasteiger partial charge on any atom is -0.491 e. The van der Waals surface area contributed by atoms with Gasteiger partial charge in [0.25, 0.3) is 0 Å². The number of rotatable bonds is 22. The Hall–Kier alpha value is -7.36. The summed E-state index contributed by atoms with van der Waals surface area (Å²) >= 11 is 0. The van der Waals surface area contributed by atoms with Crippen LogP contribution in [0.5, 0.6) is 17.2 Å². The Labute approximate surface area is 399 Å². The van der Waals surface area contributed by atoms with Gasteiger partial charge >= 0.3 is 0 Å². The molecule has 9 rings (SSSR count). The molecule has 0 saturated heterocycles. The lowest BCUT2D eigenvalue weighted by atomic mass is 10.0. The van der Waals surface area contributed by atoms with E-state index >= 15 is 0 Å². The van der Waals surface area contributed by atoms with E-state index in [0.29, 0.717) is 56.9 Å². The maximum absolute atomic E-state index is 9.10. The monoisotopic (exact) mass is 928 g/mol. The van der Waals surface area contributed by atoms with Crippen LogP contribution in [0, 0.1) is 0 Å². The number of hydrogen-bond acceptors (Lipinski definition) is 9. The Bertz CT molecular complexity index is 3150. The Morgan fingerprint density at radius 1 is 0.275 bits per heavy atom. The normalized spacial score (nSPS) is 12.4. The number of fused-ring (bicyclic) bond motifs is 8. The fraction of sp³-hybridized carbons (Fsp3) is 0.214. The molecule has 0 aliphatic carbocycles. The third-order valence-corrected chi connectivity index (χ3v) is 11.6. The van der Waals surface area contributed by atoms with E-state index in [2.05, 4.69) is 129 Å². The van der Waals surface area contributed by atoms with E-state index in [1.165, 1.54) is 0 Å². The van der Waals surface area contributed by atoms with Crippen LogP contribution in [0.15, 0.2) is 152 Å². The van der Waals surface area contributed by atoms with Crippen molar-refractivity contribution in [2.45, 2.75) is 0 Å². The molecule has 0 spiro atoms. The molecule has 69 heavy (non-hydrogen) atoms. The standard InChI is InChI=1S/C56H56N4O9/c61-26-29-64-32-35-67-42-12-6-39(7-13-42)54-47-20-18-45(57-47)53(38-4-2-1-3-5-38)46-19-21-48(58-46)55(40-8-14-43(15-9-40)68-36-33-65-30-27-62)50-23-25-52(60-50)56(51-24-22-49(54)59-51)41-10-16-44(17-11-41)69-37-34-66-31-28-63/h1-25,57-63H,26-37H2.